The number of rotatable bonds is 3. The Kier molecular flexibility index (Phi) is 4.97. The number of fused-ring (bicyclic) bond motifs is 3. The summed E-state index contributed by atoms with van der Waals surface area (Å²) in [5.41, 5.74) is 10.8. The Balaban J connectivity index is 1.35. The van der Waals surface area contributed by atoms with Crippen molar-refractivity contribution in [1.29, 1.82) is 0 Å². The van der Waals surface area contributed by atoms with E-state index in [1.807, 2.05) is 25.1 Å². The maximum atomic E-state index is 14.3. The molecule has 0 bridgehead atoms. The minimum atomic E-state index is -1.07. The number of nitrogens with two attached hydrogens (primary N) is 1. The van der Waals surface area contributed by atoms with Crippen molar-refractivity contribution >= 4 is 39.8 Å². The second-order valence-electron chi connectivity index (χ2n) is 8.83. The standard InChI is InChI=1S/C24H24FN9O/c1-12-15(9-30-23-17(25)3-5-28-22(12)23)18-6-13-7-19(29-10-16(13)24(26)31-18)32-20-8-14-2-4-27-21(35)11-34(14)33-20/h6-10,17,28H,2-5,11H2,1H3,(H2,26,31)(H,27,35)(H,29,32,33). The number of alkyl halides is 1. The first kappa shape index (κ1) is 21.3. The molecule has 1 unspecified atom stereocenters. The summed E-state index contributed by atoms with van der Waals surface area (Å²) in [6, 6.07) is 5.73. The smallest absolute Gasteiger partial charge is 0.241 e. The Morgan fingerprint density at radius 2 is 2.03 bits per heavy atom. The molecular formula is C24H24FN9O. The van der Waals surface area contributed by atoms with Crippen LogP contribution >= 0.6 is 0 Å². The van der Waals surface area contributed by atoms with E-state index in [-0.39, 0.29) is 12.5 Å². The summed E-state index contributed by atoms with van der Waals surface area (Å²) in [5, 5.41) is 15.4. The minimum absolute atomic E-state index is 0.0538. The van der Waals surface area contributed by atoms with Crippen molar-refractivity contribution in [1.82, 2.24) is 30.0 Å². The van der Waals surface area contributed by atoms with E-state index >= 15 is 0 Å². The molecule has 0 aliphatic carbocycles. The SMILES string of the molecule is Cc1c(-c2cc3cc(Nc4cc5n(n4)CC(=O)NCC5)ncc3c(N)n2)cnc2c1NCCC2F. The van der Waals surface area contributed by atoms with Gasteiger partial charge >= 0.3 is 0 Å². The molecule has 35 heavy (non-hydrogen) atoms. The Bertz CT molecular complexity index is 1480. The van der Waals surface area contributed by atoms with Crippen molar-refractivity contribution in [3.05, 3.63) is 47.5 Å². The van der Waals surface area contributed by atoms with Gasteiger partial charge in [0.15, 0.2) is 5.82 Å². The zero-order valence-corrected chi connectivity index (χ0v) is 19.1. The van der Waals surface area contributed by atoms with E-state index < -0.39 is 6.17 Å². The van der Waals surface area contributed by atoms with E-state index in [0.29, 0.717) is 54.8 Å². The van der Waals surface area contributed by atoms with Crippen molar-refractivity contribution in [3.63, 3.8) is 0 Å². The van der Waals surface area contributed by atoms with Crippen molar-refractivity contribution < 1.29 is 9.18 Å². The van der Waals surface area contributed by atoms with Crippen LogP contribution in [0.4, 0.5) is 27.5 Å². The molecule has 5 N–H and O–H groups in total. The summed E-state index contributed by atoms with van der Waals surface area (Å²) in [4.78, 5) is 25.2. The number of hydrogen-bond donors (Lipinski definition) is 4. The number of amides is 1. The minimum Gasteiger partial charge on any atom is -0.383 e. The topological polar surface area (TPSA) is 136 Å². The Labute approximate surface area is 200 Å². The largest absolute Gasteiger partial charge is 0.383 e. The zero-order valence-electron chi connectivity index (χ0n) is 19.1. The summed E-state index contributed by atoms with van der Waals surface area (Å²) in [6.45, 7) is 3.29. The fourth-order valence-electron chi connectivity index (χ4n) is 4.69. The zero-order chi connectivity index (χ0) is 24.1. The molecule has 0 radical (unpaired) electrons. The summed E-state index contributed by atoms with van der Waals surface area (Å²) in [6.07, 6.45) is 3.39. The number of carbonyl (C=O) groups is 1. The van der Waals surface area contributed by atoms with Gasteiger partial charge < -0.3 is 21.7 Å². The highest BCUT2D eigenvalue weighted by Gasteiger charge is 2.24. The highest BCUT2D eigenvalue weighted by atomic mass is 19.1. The molecule has 0 saturated carbocycles. The van der Waals surface area contributed by atoms with Crippen LogP contribution in [0, 0.1) is 6.92 Å². The molecule has 2 aliphatic rings. The summed E-state index contributed by atoms with van der Waals surface area (Å²) >= 11 is 0. The normalized spacial score (nSPS) is 17.2. The molecule has 6 heterocycles. The first-order valence-corrected chi connectivity index (χ1v) is 11.5. The lowest BCUT2D eigenvalue weighted by Crippen LogP contribution is -2.25. The van der Waals surface area contributed by atoms with Crippen LogP contribution in [-0.2, 0) is 17.8 Å². The first-order valence-electron chi connectivity index (χ1n) is 11.5. The molecule has 1 atom stereocenters. The number of nitrogens with zero attached hydrogens (tertiary/aromatic N) is 5. The monoisotopic (exact) mass is 473 g/mol. The van der Waals surface area contributed by atoms with Gasteiger partial charge in [0.05, 0.1) is 17.1 Å². The van der Waals surface area contributed by atoms with Gasteiger partial charge in [-0.05, 0) is 30.0 Å². The van der Waals surface area contributed by atoms with Crippen LogP contribution in [0.15, 0.2) is 30.6 Å². The molecule has 0 spiro atoms. The summed E-state index contributed by atoms with van der Waals surface area (Å²) < 4.78 is 16.0. The van der Waals surface area contributed by atoms with E-state index in [0.717, 1.165) is 33.3 Å². The van der Waals surface area contributed by atoms with Crippen molar-refractivity contribution in [2.75, 3.05) is 29.5 Å². The molecule has 1 amide bonds. The highest BCUT2D eigenvalue weighted by Crippen LogP contribution is 2.38. The van der Waals surface area contributed by atoms with Crippen LogP contribution in [0.25, 0.3) is 22.0 Å². The van der Waals surface area contributed by atoms with E-state index in [1.54, 1.807) is 17.1 Å². The average Bonchev–Trinajstić information content (AvgIpc) is 3.11. The van der Waals surface area contributed by atoms with Gasteiger partial charge in [-0.3, -0.25) is 14.5 Å². The number of nitrogens with one attached hydrogen (secondary N) is 3. The van der Waals surface area contributed by atoms with Crippen LogP contribution in [0.5, 0.6) is 0 Å². The lowest BCUT2D eigenvalue weighted by molar-refractivity contribution is -0.121. The molecule has 2 aliphatic heterocycles. The number of hydrogen-bond acceptors (Lipinski definition) is 8. The van der Waals surface area contributed by atoms with E-state index in [1.165, 1.54) is 0 Å². The molecule has 0 aromatic carbocycles. The van der Waals surface area contributed by atoms with Crippen LogP contribution in [0.1, 0.15) is 29.5 Å². The van der Waals surface area contributed by atoms with Gasteiger partial charge in [-0.15, -0.1) is 0 Å². The molecule has 6 rings (SSSR count). The quantitative estimate of drug-likeness (QED) is 0.357. The lowest BCUT2D eigenvalue weighted by atomic mass is 9.98. The number of pyridine rings is 3. The molecule has 11 heteroatoms. The second kappa shape index (κ2) is 8.19. The second-order valence-corrected chi connectivity index (χ2v) is 8.83. The van der Waals surface area contributed by atoms with Crippen LogP contribution in [0.2, 0.25) is 0 Å². The van der Waals surface area contributed by atoms with Gasteiger partial charge in [-0.1, -0.05) is 0 Å². The molecule has 178 valence electrons. The van der Waals surface area contributed by atoms with Gasteiger partial charge in [0.1, 0.15) is 24.4 Å². The fourth-order valence-corrected chi connectivity index (χ4v) is 4.69. The average molecular weight is 474 g/mol. The Hall–Kier alpha value is -4.28. The Morgan fingerprint density at radius 1 is 1.14 bits per heavy atom. The molecule has 4 aromatic rings. The van der Waals surface area contributed by atoms with Crippen LogP contribution in [0.3, 0.4) is 0 Å². The number of anilines is 4. The molecule has 0 fully saturated rings. The fraction of sp³-hybridized carbons (Fsp3) is 0.292. The number of halogens is 1. The third-order valence-corrected chi connectivity index (χ3v) is 6.50. The summed E-state index contributed by atoms with van der Waals surface area (Å²) in [5.74, 6) is 1.51. The highest BCUT2D eigenvalue weighted by molar-refractivity contribution is 5.95. The van der Waals surface area contributed by atoms with Crippen LogP contribution < -0.4 is 21.7 Å². The maximum absolute atomic E-state index is 14.3. The summed E-state index contributed by atoms with van der Waals surface area (Å²) in [7, 11) is 0. The predicted octanol–water partition coefficient (Wildman–Crippen LogP) is 3.02. The van der Waals surface area contributed by atoms with Crippen LogP contribution in [-0.4, -0.2) is 43.7 Å². The molecule has 0 saturated heterocycles. The lowest BCUT2D eigenvalue weighted by Gasteiger charge is -2.23. The third-order valence-electron chi connectivity index (χ3n) is 6.50. The first-order chi connectivity index (χ1) is 17.0. The third kappa shape index (κ3) is 3.78. The van der Waals surface area contributed by atoms with Gasteiger partial charge in [0.2, 0.25) is 5.91 Å². The maximum Gasteiger partial charge on any atom is 0.241 e. The van der Waals surface area contributed by atoms with E-state index in [9.17, 15) is 9.18 Å². The molecule has 10 nitrogen and oxygen atoms in total. The van der Waals surface area contributed by atoms with Crippen molar-refractivity contribution in [2.45, 2.75) is 32.5 Å². The van der Waals surface area contributed by atoms with E-state index in [4.69, 9.17) is 5.73 Å². The van der Waals surface area contributed by atoms with Gasteiger partial charge in [0, 0.05) is 61.0 Å². The van der Waals surface area contributed by atoms with Crippen molar-refractivity contribution in [2.24, 2.45) is 0 Å². The number of aromatic nitrogens is 5. The van der Waals surface area contributed by atoms with Gasteiger partial charge in [-0.2, -0.15) is 5.10 Å². The number of nitrogen functional groups attached to an aromatic ring is 1. The van der Waals surface area contributed by atoms with Gasteiger partial charge in [-0.25, -0.2) is 14.4 Å². The van der Waals surface area contributed by atoms with Gasteiger partial charge in [0.25, 0.3) is 0 Å². The molecular weight excluding hydrogens is 449 g/mol. The predicted molar refractivity (Wildman–Crippen MR) is 131 cm³/mol. The van der Waals surface area contributed by atoms with E-state index in [2.05, 4.69) is 36.0 Å². The van der Waals surface area contributed by atoms with Crippen molar-refractivity contribution in [3.8, 4) is 11.3 Å². The number of carbonyl (C=O) groups excluding carboxylic acids is 1. The Morgan fingerprint density at radius 3 is 2.91 bits per heavy atom. The molecule has 4 aromatic heterocycles.